The van der Waals surface area contributed by atoms with Crippen LogP contribution >= 0.6 is 0 Å². The number of piperidine rings is 1. The van der Waals surface area contributed by atoms with Crippen LogP contribution in [0.2, 0.25) is 0 Å². The summed E-state index contributed by atoms with van der Waals surface area (Å²) in [5, 5.41) is 3.75. The van der Waals surface area contributed by atoms with Crippen molar-refractivity contribution >= 4 is 21.8 Å². The molecule has 0 aliphatic carbocycles. The number of sulfonamides is 1. The van der Waals surface area contributed by atoms with Gasteiger partial charge in [0, 0.05) is 31.3 Å². The molecule has 154 valence electrons. The summed E-state index contributed by atoms with van der Waals surface area (Å²) in [6, 6.07) is 0. The molecule has 9 heteroatoms. The Kier molecular flexibility index (Phi) is 7.13. The minimum absolute atomic E-state index is 0.0725. The number of nitrogens with zero attached hydrogens (tertiary/aromatic N) is 2. The number of alkyl halides is 2. The van der Waals surface area contributed by atoms with E-state index in [0.29, 0.717) is 31.5 Å². The highest BCUT2D eigenvalue weighted by Gasteiger charge is 2.46. The van der Waals surface area contributed by atoms with Gasteiger partial charge in [0.25, 0.3) is 5.91 Å². The minimum atomic E-state index is -3.46. The zero-order valence-electron chi connectivity index (χ0n) is 15.8. The zero-order valence-corrected chi connectivity index (χ0v) is 16.7. The number of rotatable bonds is 10. The predicted molar refractivity (Wildman–Crippen MR) is 101 cm³/mol. The molecule has 0 atom stereocenters. The maximum atomic E-state index is 12.7. The molecule has 0 aromatic carbocycles. The Labute approximate surface area is 160 Å². The van der Waals surface area contributed by atoms with E-state index in [1.54, 1.807) is 0 Å². The average molecular weight is 406 g/mol. The summed E-state index contributed by atoms with van der Waals surface area (Å²) < 4.78 is 50.5. The van der Waals surface area contributed by atoms with Gasteiger partial charge in [0.1, 0.15) is 11.4 Å². The Hall–Kier alpha value is -1.35. The molecule has 1 amide bonds. The molecule has 1 N–H and O–H groups in total. The second-order valence-electron chi connectivity index (χ2n) is 7.49. The van der Waals surface area contributed by atoms with E-state index >= 15 is 0 Å². The molecule has 0 aromatic rings. The fraction of sp³-hybridized carbons (Fsp3) is 0.778. The van der Waals surface area contributed by atoms with Crippen molar-refractivity contribution in [2.24, 2.45) is 4.99 Å². The number of unbranched alkanes of at least 4 members (excludes halogenated alkanes) is 4. The van der Waals surface area contributed by atoms with Gasteiger partial charge in [-0.15, -0.1) is 0 Å². The van der Waals surface area contributed by atoms with Gasteiger partial charge in [0.05, 0.1) is 0 Å². The van der Waals surface area contributed by atoms with E-state index in [1.807, 2.05) is 0 Å². The Morgan fingerprint density at radius 3 is 2.41 bits per heavy atom. The third-order valence-corrected chi connectivity index (χ3v) is 6.69. The lowest BCUT2D eigenvalue weighted by Crippen LogP contribution is -2.50. The van der Waals surface area contributed by atoms with E-state index in [0.717, 1.165) is 38.0 Å². The summed E-state index contributed by atoms with van der Waals surface area (Å²) in [6.45, 7) is 4.77. The molecule has 2 rings (SSSR count). The molecule has 2 aliphatic rings. The Balaban J connectivity index is 1.74. The monoisotopic (exact) mass is 405 g/mol. The molecule has 0 unspecified atom stereocenters. The number of carbonyl (C=O) groups excluding carboxylic acids is 1. The summed E-state index contributed by atoms with van der Waals surface area (Å²) in [5.74, 6) is -2.09. The van der Waals surface area contributed by atoms with Crippen LogP contribution in [-0.2, 0) is 14.8 Å². The summed E-state index contributed by atoms with van der Waals surface area (Å²) in [6.07, 6.45) is 5.23. The van der Waals surface area contributed by atoms with Crippen LogP contribution in [-0.4, -0.2) is 49.0 Å². The summed E-state index contributed by atoms with van der Waals surface area (Å²) in [5.41, 5.74) is -0.852. The maximum absolute atomic E-state index is 12.7. The molecule has 0 radical (unpaired) electrons. The van der Waals surface area contributed by atoms with E-state index in [-0.39, 0.29) is 25.4 Å². The van der Waals surface area contributed by atoms with Crippen molar-refractivity contribution < 1.29 is 22.0 Å². The highest BCUT2D eigenvalue weighted by Crippen LogP contribution is 2.32. The standard InChI is InChI=1S/C18H29F2N3O3S/c1-3-27(25,26)23-13-11-18(12-14-23)16(24)21-15(22-18)9-7-5-4-6-8-10-17(2,19)20/h3H,1,4-14H2,2H3,(H,21,22,24). The van der Waals surface area contributed by atoms with E-state index in [1.165, 1.54) is 4.31 Å². The van der Waals surface area contributed by atoms with Crippen LogP contribution < -0.4 is 5.32 Å². The van der Waals surface area contributed by atoms with Crippen molar-refractivity contribution in [2.45, 2.75) is 76.2 Å². The smallest absolute Gasteiger partial charge is 0.253 e. The minimum Gasteiger partial charge on any atom is -0.312 e. The van der Waals surface area contributed by atoms with Crippen LogP contribution in [0.3, 0.4) is 0 Å². The molecule has 1 saturated heterocycles. The number of carbonyl (C=O) groups is 1. The highest BCUT2D eigenvalue weighted by molar-refractivity contribution is 7.92. The molecule has 1 fully saturated rings. The molecule has 1 spiro atoms. The number of nitrogens with one attached hydrogen (secondary N) is 1. The third kappa shape index (κ3) is 6.07. The Morgan fingerprint density at radius 2 is 1.81 bits per heavy atom. The largest absolute Gasteiger partial charge is 0.312 e. The molecule has 2 aliphatic heterocycles. The topological polar surface area (TPSA) is 78.8 Å². The third-order valence-electron chi connectivity index (χ3n) is 5.18. The van der Waals surface area contributed by atoms with Crippen molar-refractivity contribution in [2.75, 3.05) is 13.1 Å². The second kappa shape index (κ2) is 8.77. The quantitative estimate of drug-likeness (QED) is 0.567. The van der Waals surface area contributed by atoms with Gasteiger partial charge in [-0.05, 0) is 32.6 Å². The van der Waals surface area contributed by atoms with Gasteiger partial charge in [0.15, 0.2) is 0 Å². The molecule has 0 aromatic heterocycles. The van der Waals surface area contributed by atoms with Crippen molar-refractivity contribution in [3.05, 3.63) is 12.0 Å². The van der Waals surface area contributed by atoms with Gasteiger partial charge >= 0.3 is 0 Å². The van der Waals surface area contributed by atoms with E-state index < -0.39 is 21.5 Å². The Bertz CT molecular complexity index is 678. The zero-order chi connectivity index (χ0) is 20.1. The predicted octanol–water partition coefficient (Wildman–Crippen LogP) is 3.21. The molecule has 0 bridgehead atoms. The van der Waals surface area contributed by atoms with Crippen LogP contribution in [0.15, 0.2) is 17.0 Å². The second-order valence-corrected chi connectivity index (χ2v) is 9.37. The van der Waals surface area contributed by atoms with Crippen LogP contribution in [0, 0.1) is 0 Å². The Morgan fingerprint density at radius 1 is 1.22 bits per heavy atom. The number of amides is 1. The van der Waals surface area contributed by atoms with Gasteiger partial charge in [0.2, 0.25) is 15.9 Å². The van der Waals surface area contributed by atoms with Crippen molar-refractivity contribution in [1.29, 1.82) is 0 Å². The summed E-state index contributed by atoms with van der Waals surface area (Å²) in [7, 11) is -3.46. The van der Waals surface area contributed by atoms with E-state index in [9.17, 15) is 22.0 Å². The fourth-order valence-corrected chi connectivity index (χ4v) is 4.42. The summed E-state index contributed by atoms with van der Waals surface area (Å²) >= 11 is 0. The van der Waals surface area contributed by atoms with Gasteiger partial charge < -0.3 is 5.32 Å². The highest BCUT2D eigenvalue weighted by atomic mass is 32.2. The summed E-state index contributed by atoms with van der Waals surface area (Å²) in [4.78, 5) is 16.9. The normalized spacial score (nSPS) is 20.6. The first-order valence-electron chi connectivity index (χ1n) is 9.49. The molecular weight excluding hydrogens is 376 g/mol. The first-order chi connectivity index (χ1) is 12.6. The molecule has 2 heterocycles. The van der Waals surface area contributed by atoms with Crippen molar-refractivity contribution in [3.63, 3.8) is 0 Å². The van der Waals surface area contributed by atoms with Crippen LogP contribution in [0.1, 0.15) is 64.7 Å². The van der Waals surface area contributed by atoms with Crippen LogP contribution in [0.5, 0.6) is 0 Å². The SMILES string of the molecule is C=CS(=O)(=O)N1CCC2(CC1)N=C(CCCCCCCC(C)(F)F)NC2=O. The van der Waals surface area contributed by atoms with Gasteiger partial charge in [-0.2, -0.15) is 4.31 Å². The molecule has 0 saturated carbocycles. The van der Waals surface area contributed by atoms with Crippen LogP contribution in [0.25, 0.3) is 0 Å². The average Bonchev–Trinajstić information content (AvgIpc) is 2.89. The molecular formula is C18H29F2N3O3S. The number of hydrogen-bond acceptors (Lipinski definition) is 4. The lowest BCUT2D eigenvalue weighted by molar-refractivity contribution is -0.124. The van der Waals surface area contributed by atoms with Crippen LogP contribution in [0.4, 0.5) is 8.78 Å². The number of hydrogen-bond donors (Lipinski definition) is 1. The van der Waals surface area contributed by atoms with Crippen molar-refractivity contribution in [1.82, 2.24) is 9.62 Å². The fourth-order valence-electron chi connectivity index (χ4n) is 3.52. The van der Waals surface area contributed by atoms with Gasteiger partial charge in [-0.3, -0.25) is 9.79 Å². The number of amidine groups is 1. The van der Waals surface area contributed by atoms with Crippen molar-refractivity contribution in [3.8, 4) is 0 Å². The first kappa shape index (κ1) is 21.9. The molecule has 27 heavy (non-hydrogen) atoms. The lowest BCUT2D eigenvalue weighted by Gasteiger charge is -2.34. The number of halogens is 2. The van der Waals surface area contributed by atoms with E-state index in [4.69, 9.17) is 0 Å². The lowest BCUT2D eigenvalue weighted by atomic mass is 9.89. The van der Waals surface area contributed by atoms with Gasteiger partial charge in [-0.25, -0.2) is 17.2 Å². The van der Waals surface area contributed by atoms with E-state index in [2.05, 4.69) is 16.9 Å². The number of aliphatic imine (C=N–C) groups is 1. The molecule has 6 nitrogen and oxygen atoms in total. The van der Waals surface area contributed by atoms with Gasteiger partial charge in [-0.1, -0.05) is 25.8 Å². The first-order valence-corrected chi connectivity index (χ1v) is 11.0. The maximum Gasteiger partial charge on any atom is 0.253 e.